The maximum absolute atomic E-state index is 12.0. The molecule has 0 unspecified atom stereocenters. The van der Waals surface area contributed by atoms with Crippen molar-refractivity contribution in [2.75, 3.05) is 5.32 Å². The predicted molar refractivity (Wildman–Crippen MR) is 64.3 cm³/mol. The van der Waals surface area contributed by atoms with Crippen molar-refractivity contribution >= 4 is 23.2 Å². The molecule has 0 spiro atoms. The summed E-state index contributed by atoms with van der Waals surface area (Å²) in [5.41, 5.74) is 1.24. The van der Waals surface area contributed by atoms with Crippen molar-refractivity contribution in [1.82, 2.24) is 14.8 Å². The minimum absolute atomic E-state index is 0.162. The van der Waals surface area contributed by atoms with E-state index in [-0.39, 0.29) is 5.91 Å². The van der Waals surface area contributed by atoms with E-state index >= 15 is 0 Å². The second-order valence-electron chi connectivity index (χ2n) is 4.12. The lowest BCUT2D eigenvalue weighted by molar-refractivity contribution is 0.101. The van der Waals surface area contributed by atoms with Crippen LogP contribution < -0.4 is 5.32 Å². The topological polar surface area (TPSA) is 62.7 Å². The maximum Gasteiger partial charge on any atom is 0.272 e. The fourth-order valence-electron chi connectivity index (χ4n) is 1.80. The van der Waals surface area contributed by atoms with Crippen molar-refractivity contribution in [2.45, 2.75) is 18.9 Å². The summed E-state index contributed by atoms with van der Waals surface area (Å²) >= 11 is 5.94. The van der Waals surface area contributed by atoms with Crippen molar-refractivity contribution in [3.63, 3.8) is 0 Å². The third kappa shape index (κ3) is 2.06. The number of amides is 1. The summed E-state index contributed by atoms with van der Waals surface area (Å²) in [5, 5.41) is 9.77. The molecule has 88 valence electrons. The summed E-state index contributed by atoms with van der Waals surface area (Å²) in [6, 6.07) is 2.11. The number of aromatic nitrogens is 3. The van der Waals surface area contributed by atoms with E-state index in [1.807, 2.05) is 10.8 Å². The lowest BCUT2D eigenvalue weighted by atomic mass is 10.4. The third-order valence-electron chi connectivity index (χ3n) is 2.74. The second-order valence-corrected chi connectivity index (χ2v) is 4.56. The average molecular weight is 251 g/mol. The van der Waals surface area contributed by atoms with Crippen LogP contribution in [0.5, 0.6) is 0 Å². The van der Waals surface area contributed by atoms with E-state index in [1.165, 1.54) is 0 Å². The van der Waals surface area contributed by atoms with E-state index in [9.17, 15) is 4.79 Å². The highest BCUT2D eigenvalue weighted by molar-refractivity contribution is 6.31. The van der Waals surface area contributed by atoms with Crippen molar-refractivity contribution in [2.24, 2.45) is 0 Å². The van der Waals surface area contributed by atoms with Crippen molar-refractivity contribution in [3.8, 4) is 0 Å². The van der Waals surface area contributed by atoms with Gasteiger partial charge in [-0.15, -0.1) is 0 Å². The van der Waals surface area contributed by atoms with Crippen molar-refractivity contribution in [1.29, 1.82) is 0 Å². The third-order valence-corrected chi connectivity index (χ3v) is 2.95. The molecule has 0 aliphatic heterocycles. The van der Waals surface area contributed by atoms with Gasteiger partial charge in [-0.2, -0.15) is 5.10 Å². The lowest BCUT2D eigenvalue weighted by Crippen LogP contribution is -2.15. The Labute approximate surface area is 103 Å². The number of carbonyl (C=O) groups excluding carboxylic acids is 1. The summed E-state index contributed by atoms with van der Waals surface area (Å²) in [6.45, 7) is 0. The van der Waals surface area contributed by atoms with Gasteiger partial charge in [0.15, 0.2) is 0 Å². The number of H-pyrrole nitrogens is 1. The number of hydrogen-bond acceptors (Lipinski definition) is 2. The Morgan fingerprint density at radius 3 is 3.06 bits per heavy atom. The molecule has 1 fully saturated rings. The molecule has 1 amide bonds. The van der Waals surface area contributed by atoms with Crippen LogP contribution in [-0.4, -0.2) is 20.7 Å². The molecule has 2 aromatic rings. The molecule has 0 aromatic carbocycles. The van der Waals surface area contributed by atoms with Gasteiger partial charge in [0.05, 0.1) is 16.9 Å². The fourth-order valence-corrected chi connectivity index (χ4v) is 2.01. The number of anilines is 1. The average Bonchev–Trinajstić information content (AvgIpc) is 2.88. The molecule has 0 radical (unpaired) electrons. The Balaban J connectivity index is 1.85. The predicted octanol–water partition coefficient (Wildman–Crippen LogP) is 2.45. The normalized spacial score (nSPS) is 14.9. The fraction of sp³-hybridized carbons (Fsp3) is 0.273. The van der Waals surface area contributed by atoms with E-state index < -0.39 is 0 Å². The summed E-state index contributed by atoms with van der Waals surface area (Å²) in [7, 11) is 0. The Morgan fingerprint density at radius 2 is 2.41 bits per heavy atom. The van der Waals surface area contributed by atoms with Crippen LogP contribution in [0.4, 0.5) is 5.69 Å². The van der Waals surface area contributed by atoms with E-state index in [2.05, 4.69) is 15.5 Å². The maximum atomic E-state index is 12.0. The highest BCUT2D eigenvalue weighted by Crippen LogP contribution is 2.37. The van der Waals surface area contributed by atoms with Gasteiger partial charge in [0.25, 0.3) is 5.91 Å². The molecule has 3 rings (SSSR count). The first-order valence-corrected chi connectivity index (χ1v) is 5.79. The number of nitrogens with zero attached hydrogens (tertiary/aromatic N) is 2. The summed E-state index contributed by atoms with van der Waals surface area (Å²) in [4.78, 5) is 12.0. The number of nitrogens with one attached hydrogen (secondary N) is 2. The van der Waals surface area contributed by atoms with Crippen LogP contribution in [0.15, 0.2) is 24.7 Å². The Morgan fingerprint density at radius 1 is 1.59 bits per heavy atom. The zero-order valence-electron chi connectivity index (χ0n) is 8.98. The van der Waals surface area contributed by atoms with E-state index in [1.54, 1.807) is 18.5 Å². The van der Waals surface area contributed by atoms with Crippen LogP contribution in [0, 0.1) is 0 Å². The Bertz CT molecular complexity index is 542. The van der Waals surface area contributed by atoms with Gasteiger partial charge in [0.2, 0.25) is 0 Å². The standard InChI is InChI=1S/C11H11ClN4O/c12-7-3-10(16(6-7)9-1-2-9)11(17)15-8-4-13-14-5-8/h3-6,9H,1-2H2,(H,13,14)(H,15,17). The van der Waals surface area contributed by atoms with Crippen molar-refractivity contribution in [3.05, 3.63) is 35.4 Å². The smallest absolute Gasteiger partial charge is 0.272 e. The van der Waals surface area contributed by atoms with Crippen LogP contribution in [-0.2, 0) is 0 Å². The van der Waals surface area contributed by atoms with E-state index in [4.69, 9.17) is 11.6 Å². The highest BCUT2D eigenvalue weighted by atomic mass is 35.5. The second kappa shape index (κ2) is 3.92. The molecule has 2 aromatic heterocycles. The van der Waals surface area contributed by atoms with Crippen molar-refractivity contribution < 1.29 is 4.79 Å². The number of carbonyl (C=O) groups is 1. The van der Waals surface area contributed by atoms with Crippen LogP contribution in [0.1, 0.15) is 29.4 Å². The quantitative estimate of drug-likeness (QED) is 0.879. The molecule has 2 heterocycles. The molecule has 17 heavy (non-hydrogen) atoms. The largest absolute Gasteiger partial charge is 0.339 e. The van der Waals surface area contributed by atoms with Crippen LogP contribution >= 0.6 is 11.6 Å². The molecular weight excluding hydrogens is 240 g/mol. The van der Waals surface area contributed by atoms with Gasteiger partial charge >= 0.3 is 0 Å². The lowest BCUT2D eigenvalue weighted by Gasteiger charge is -2.06. The molecule has 0 bridgehead atoms. The molecular formula is C11H11ClN4O. The van der Waals surface area contributed by atoms with Crippen LogP contribution in [0.2, 0.25) is 5.02 Å². The number of rotatable bonds is 3. The zero-order valence-corrected chi connectivity index (χ0v) is 9.74. The van der Waals surface area contributed by atoms with Gasteiger partial charge in [0.1, 0.15) is 5.69 Å². The van der Waals surface area contributed by atoms with Crippen LogP contribution in [0.25, 0.3) is 0 Å². The molecule has 0 saturated heterocycles. The first kappa shape index (κ1) is 10.4. The van der Waals surface area contributed by atoms with E-state index in [0.717, 1.165) is 12.8 Å². The monoisotopic (exact) mass is 250 g/mol. The summed E-state index contributed by atoms with van der Waals surface area (Å²) < 4.78 is 1.94. The van der Waals surface area contributed by atoms with Gasteiger partial charge in [-0.25, -0.2) is 0 Å². The Hall–Kier alpha value is -1.75. The van der Waals surface area contributed by atoms with Gasteiger partial charge in [-0.1, -0.05) is 11.6 Å². The molecule has 0 atom stereocenters. The summed E-state index contributed by atoms with van der Waals surface area (Å²) in [5.74, 6) is -0.162. The minimum Gasteiger partial charge on any atom is -0.339 e. The SMILES string of the molecule is O=C(Nc1cn[nH]c1)c1cc(Cl)cn1C1CC1. The minimum atomic E-state index is -0.162. The molecule has 5 nitrogen and oxygen atoms in total. The molecule has 1 aliphatic carbocycles. The first-order chi connectivity index (χ1) is 8.24. The van der Waals surface area contributed by atoms with Gasteiger partial charge in [0, 0.05) is 18.4 Å². The zero-order chi connectivity index (χ0) is 11.8. The first-order valence-electron chi connectivity index (χ1n) is 5.41. The molecule has 1 saturated carbocycles. The van der Waals surface area contributed by atoms with Gasteiger partial charge in [-0.05, 0) is 18.9 Å². The number of hydrogen-bond donors (Lipinski definition) is 2. The van der Waals surface area contributed by atoms with Gasteiger partial charge in [-0.3, -0.25) is 9.89 Å². The van der Waals surface area contributed by atoms with Crippen LogP contribution in [0.3, 0.4) is 0 Å². The number of aromatic amines is 1. The summed E-state index contributed by atoms with van der Waals surface area (Å²) in [6.07, 6.45) is 7.21. The van der Waals surface area contributed by atoms with Gasteiger partial charge < -0.3 is 9.88 Å². The molecule has 2 N–H and O–H groups in total. The Kier molecular flexibility index (Phi) is 2.40. The molecule has 6 heteroatoms. The number of halogens is 1. The highest BCUT2D eigenvalue weighted by Gasteiger charge is 2.27. The molecule has 1 aliphatic rings. The van der Waals surface area contributed by atoms with E-state index in [0.29, 0.717) is 22.4 Å².